The second-order valence-electron chi connectivity index (χ2n) is 8.29. The van der Waals surface area contributed by atoms with Crippen LogP contribution >= 0.6 is 0 Å². The van der Waals surface area contributed by atoms with Crippen LogP contribution in [0, 0.1) is 18.8 Å². The number of aryl methyl sites for hydroxylation is 1. The molecule has 2 N–H and O–H groups in total. The van der Waals surface area contributed by atoms with Crippen LogP contribution in [0.25, 0.3) is 0 Å². The third-order valence-electron chi connectivity index (χ3n) is 6.14. The van der Waals surface area contributed by atoms with Gasteiger partial charge in [0.15, 0.2) is 5.96 Å². The zero-order chi connectivity index (χ0) is 20.9. The second kappa shape index (κ2) is 9.83. The average molecular weight is 412 g/mol. The van der Waals surface area contributed by atoms with Crippen molar-refractivity contribution in [2.75, 3.05) is 20.2 Å². The summed E-state index contributed by atoms with van der Waals surface area (Å²) in [6, 6.07) is 8.51. The van der Waals surface area contributed by atoms with Crippen LogP contribution in [0.3, 0.4) is 0 Å². The topological polar surface area (TPSA) is 45.7 Å². The Balaban J connectivity index is 1.51. The minimum absolute atomic E-state index is 0.0373. The van der Waals surface area contributed by atoms with Gasteiger partial charge in [0.25, 0.3) is 0 Å². The molecule has 2 unspecified atom stereocenters. The summed E-state index contributed by atoms with van der Waals surface area (Å²) in [6.07, 6.45) is -0.517. The Labute approximate surface area is 171 Å². The predicted molar refractivity (Wildman–Crippen MR) is 109 cm³/mol. The van der Waals surface area contributed by atoms with Crippen molar-refractivity contribution in [3.05, 3.63) is 35.4 Å². The van der Waals surface area contributed by atoms with Crippen molar-refractivity contribution in [3.63, 3.8) is 0 Å². The lowest BCUT2D eigenvalue weighted by Gasteiger charge is -2.34. The maximum absolute atomic E-state index is 12.9. The highest BCUT2D eigenvalue weighted by Gasteiger charge is 2.41. The number of nitrogens with zero attached hydrogens (tertiary/aromatic N) is 1. The molecule has 0 bridgehead atoms. The van der Waals surface area contributed by atoms with Crippen LogP contribution in [0.2, 0.25) is 0 Å². The van der Waals surface area contributed by atoms with Gasteiger partial charge in [-0.15, -0.1) is 0 Å². The first-order valence-electron chi connectivity index (χ1n) is 10.6. The van der Waals surface area contributed by atoms with Crippen molar-refractivity contribution in [1.82, 2.24) is 10.6 Å². The normalized spacial score (nSPS) is 28.8. The molecule has 7 heteroatoms. The molecule has 2 atom stereocenters. The Bertz CT molecular complexity index is 667. The van der Waals surface area contributed by atoms with Gasteiger partial charge >= 0.3 is 6.18 Å². The molecule has 1 aromatic carbocycles. The molecule has 3 rings (SSSR count). The lowest BCUT2D eigenvalue weighted by atomic mass is 9.85. The van der Waals surface area contributed by atoms with Crippen LogP contribution in [-0.4, -0.2) is 38.4 Å². The number of nitrogens with one attached hydrogen (secondary N) is 2. The van der Waals surface area contributed by atoms with E-state index in [2.05, 4.69) is 46.8 Å². The Kier molecular flexibility index (Phi) is 7.44. The average Bonchev–Trinajstić information content (AvgIpc) is 2.71. The fourth-order valence-corrected chi connectivity index (χ4v) is 4.36. The van der Waals surface area contributed by atoms with Gasteiger partial charge < -0.3 is 15.4 Å². The molecule has 2 aliphatic rings. The van der Waals surface area contributed by atoms with Gasteiger partial charge in [0, 0.05) is 32.2 Å². The van der Waals surface area contributed by atoms with Crippen LogP contribution in [-0.2, 0) is 4.74 Å². The van der Waals surface area contributed by atoms with E-state index < -0.39 is 12.1 Å². The van der Waals surface area contributed by atoms with Gasteiger partial charge in [-0.3, -0.25) is 4.99 Å². The van der Waals surface area contributed by atoms with Crippen LogP contribution in [0.5, 0.6) is 0 Å². The van der Waals surface area contributed by atoms with E-state index in [1.54, 1.807) is 7.05 Å². The summed E-state index contributed by atoms with van der Waals surface area (Å²) in [6.45, 7) is 3.56. The number of alkyl halides is 3. The molecule has 29 heavy (non-hydrogen) atoms. The summed E-state index contributed by atoms with van der Waals surface area (Å²) in [5.41, 5.74) is 2.42. The lowest BCUT2D eigenvalue weighted by molar-refractivity contribution is -0.182. The summed E-state index contributed by atoms with van der Waals surface area (Å²) in [5, 5.41) is 6.69. The number of aliphatic imine (C=N–C) groups is 1. The number of rotatable bonds is 4. The largest absolute Gasteiger partial charge is 0.391 e. The summed E-state index contributed by atoms with van der Waals surface area (Å²) in [5.74, 6) is -0.176. The highest BCUT2D eigenvalue weighted by molar-refractivity contribution is 5.79. The number of hydrogen-bond donors (Lipinski definition) is 2. The maximum Gasteiger partial charge on any atom is 0.391 e. The van der Waals surface area contributed by atoms with Crippen LogP contribution < -0.4 is 10.6 Å². The van der Waals surface area contributed by atoms with Gasteiger partial charge in [-0.25, -0.2) is 0 Å². The standard InChI is InChI=1S/C22H32F3N3O/c1-15-5-7-16(8-6-15)20-17(4-3-13-29-20)14-27-21(26-2)28-19-11-9-18(10-12-19)22(23,24)25/h5-8,17-20H,3-4,9-14H2,1-2H3,(H2,26,27,28). The van der Waals surface area contributed by atoms with Crippen molar-refractivity contribution in [2.45, 2.75) is 63.8 Å². The zero-order valence-electron chi connectivity index (χ0n) is 17.3. The van der Waals surface area contributed by atoms with Crippen LogP contribution in [0.15, 0.2) is 29.3 Å². The van der Waals surface area contributed by atoms with Crippen molar-refractivity contribution < 1.29 is 17.9 Å². The molecule has 162 valence electrons. The third-order valence-corrected chi connectivity index (χ3v) is 6.14. The number of halogens is 3. The van der Waals surface area contributed by atoms with Gasteiger partial charge in [-0.2, -0.15) is 13.2 Å². The van der Waals surface area contributed by atoms with Gasteiger partial charge in [0.1, 0.15) is 0 Å². The first kappa shape index (κ1) is 21.9. The van der Waals surface area contributed by atoms with Crippen molar-refractivity contribution in [3.8, 4) is 0 Å². The zero-order valence-corrected chi connectivity index (χ0v) is 17.3. The van der Waals surface area contributed by atoms with Crippen molar-refractivity contribution >= 4 is 5.96 Å². The molecular weight excluding hydrogens is 379 g/mol. The quantitative estimate of drug-likeness (QED) is 0.555. The number of benzene rings is 1. The van der Waals surface area contributed by atoms with Gasteiger partial charge in [-0.05, 0) is 51.0 Å². The summed E-state index contributed by atoms with van der Waals surface area (Å²) in [4.78, 5) is 4.28. The molecule has 4 nitrogen and oxygen atoms in total. The second-order valence-corrected chi connectivity index (χ2v) is 8.29. The minimum atomic E-state index is -4.07. The highest BCUT2D eigenvalue weighted by Crippen LogP contribution is 2.37. The van der Waals surface area contributed by atoms with E-state index in [4.69, 9.17) is 4.74 Å². The summed E-state index contributed by atoms with van der Waals surface area (Å²) < 4.78 is 44.6. The highest BCUT2D eigenvalue weighted by atomic mass is 19.4. The number of guanidine groups is 1. The third kappa shape index (κ3) is 6.11. The minimum Gasteiger partial charge on any atom is -0.373 e. The Morgan fingerprint density at radius 2 is 1.79 bits per heavy atom. The first-order chi connectivity index (χ1) is 13.9. The lowest BCUT2D eigenvalue weighted by Crippen LogP contribution is -2.47. The van der Waals surface area contributed by atoms with Crippen LogP contribution in [0.4, 0.5) is 13.2 Å². The molecule has 2 fully saturated rings. The Morgan fingerprint density at radius 3 is 2.41 bits per heavy atom. The SMILES string of the molecule is CN=C(NCC1CCCOC1c1ccc(C)cc1)NC1CCC(C(F)(F)F)CC1. The van der Waals surface area contributed by atoms with E-state index in [1.165, 1.54) is 11.1 Å². The van der Waals surface area contributed by atoms with E-state index in [1.807, 2.05) is 0 Å². The van der Waals surface area contributed by atoms with Crippen molar-refractivity contribution in [1.29, 1.82) is 0 Å². The predicted octanol–water partition coefficient (Wildman–Crippen LogP) is 4.75. The Morgan fingerprint density at radius 1 is 1.10 bits per heavy atom. The molecular formula is C22H32F3N3O. The number of ether oxygens (including phenoxy) is 1. The molecule has 1 aromatic rings. The van der Waals surface area contributed by atoms with Gasteiger partial charge in [0.2, 0.25) is 0 Å². The summed E-state index contributed by atoms with van der Waals surface area (Å²) in [7, 11) is 1.70. The number of hydrogen-bond acceptors (Lipinski definition) is 2. The van der Waals surface area contributed by atoms with E-state index in [9.17, 15) is 13.2 Å². The Hall–Kier alpha value is -1.76. The van der Waals surface area contributed by atoms with E-state index >= 15 is 0 Å². The molecule has 0 amide bonds. The van der Waals surface area contributed by atoms with E-state index in [-0.39, 0.29) is 25.0 Å². The monoisotopic (exact) mass is 411 g/mol. The van der Waals surface area contributed by atoms with Crippen molar-refractivity contribution in [2.24, 2.45) is 16.8 Å². The molecule has 1 heterocycles. The van der Waals surface area contributed by atoms with Gasteiger partial charge in [-0.1, -0.05) is 29.8 Å². The molecule has 1 aliphatic heterocycles. The maximum atomic E-state index is 12.9. The fraction of sp³-hybridized carbons (Fsp3) is 0.682. The molecule has 0 spiro atoms. The molecule has 0 aromatic heterocycles. The molecule has 1 saturated carbocycles. The van der Waals surface area contributed by atoms with Crippen LogP contribution in [0.1, 0.15) is 55.8 Å². The first-order valence-corrected chi connectivity index (χ1v) is 10.6. The molecule has 0 radical (unpaired) electrons. The smallest absolute Gasteiger partial charge is 0.373 e. The molecule has 1 saturated heterocycles. The summed E-state index contributed by atoms with van der Waals surface area (Å²) >= 11 is 0. The molecule has 1 aliphatic carbocycles. The van der Waals surface area contributed by atoms with E-state index in [0.29, 0.717) is 24.7 Å². The fourth-order valence-electron chi connectivity index (χ4n) is 4.36. The van der Waals surface area contributed by atoms with E-state index in [0.717, 1.165) is 26.0 Å². The van der Waals surface area contributed by atoms with Gasteiger partial charge in [0.05, 0.1) is 12.0 Å².